The molecule has 0 aliphatic carbocycles. The molecule has 1 amide bonds. The van der Waals surface area contributed by atoms with Crippen molar-refractivity contribution in [1.82, 2.24) is 14.8 Å². The molecule has 34 heavy (non-hydrogen) atoms. The summed E-state index contributed by atoms with van der Waals surface area (Å²) in [7, 11) is 0. The van der Waals surface area contributed by atoms with Crippen LogP contribution >= 0.6 is 0 Å². The highest BCUT2D eigenvalue weighted by molar-refractivity contribution is 5.85. The molecule has 0 spiro atoms. The number of hydrogen-bond donors (Lipinski definition) is 1. The number of rotatable bonds is 4. The highest BCUT2D eigenvalue weighted by Gasteiger charge is 2.33. The van der Waals surface area contributed by atoms with Gasteiger partial charge in [-0.15, -0.1) is 0 Å². The molecular weight excluding hydrogens is 426 g/mol. The Bertz CT molecular complexity index is 1190. The molecule has 6 heteroatoms. The smallest absolute Gasteiger partial charge is 0.237 e. The second-order valence-electron chi connectivity index (χ2n) is 9.91. The van der Waals surface area contributed by atoms with E-state index >= 15 is 0 Å². The van der Waals surface area contributed by atoms with Crippen molar-refractivity contribution in [2.24, 2.45) is 0 Å². The third-order valence-electron chi connectivity index (χ3n) is 7.82. The lowest BCUT2D eigenvalue weighted by molar-refractivity contribution is -0.133. The normalized spacial score (nSPS) is 21.3. The molecule has 6 rings (SSSR count). The second-order valence-corrected chi connectivity index (χ2v) is 9.91. The molecule has 6 nitrogen and oxygen atoms in total. The van der Waals surface area contributed by atoms with E-state index in [1.807, 2.05) is 6.07 Å². The molecule has 2 fully saturated rings. The molecule has 3 aliphatic rings. The number of piperidine rings is 1. The number of carbonyl (C=O) groups excluding carboxylic acids is 1. The number of benzene rings is 2. The maximum absolute atomic E-state index is 13.3. The van der Waals surface area contributed by atoms with E-state index in [1.165, 1.54) is 22.2 Å². The Morgan fingerprint density at radius 2 is 1.79 bits per heavy atom. The Morgan fingerprint density at radius 3 is 2.65 bits per heavy atom. The summed E-state index contributed by atoms with van der Waals surface area (Å²) in [5, 5.41) is 1.36. The molecule has 2 aromatic carbocycles. The highest BCUT2D eigenvalue weighted by Crippen LogP contribution is 2.39. The quantitative estimate of drug-likeness (QED) is 0.610. The predicted molar refractivity (Wildman–Crippen MR) is 133 cm³/mol. The molecule has 178 valence electrons. The van der Waals surface area contributed by atoms with E-state index in [2.05, 4.69) is 58.1 Å². The monoisotopic (exact) mass is 459 g/mol. The lowest BCUT2D eigenvalue weighted by Crippen LogP contribution is -2.43. The molecule has 1 aromatic heterocycles. The predicted octanol–water partition coefficient (Wildman–Crippen LogP) is 4.79. The van der Waals surface area contributed by atoms with Gasteiger partial charge in [0.2, 0.25) is 5.91 Å². The number of aromatic amines is 1. The van der Waals surface area contributed by atoms with E-state index in [-0.39, 0.29) is 11.9 Å². The maximum Gasteiger partial charge on any atom is 0.237 e. The first-order valence-electron chi connectivity index (χ1n) is 12.7. The van der Waals surface area contributed by atoms with Crippen molar-refractivity contribution in [2.75, 3.05) is 39.4 Å². The number of likely N-dealkylation sites (tertiary alicyclic amines) is 2. The van der Waals surface area contributed by atoms with Gasteiger partial charge in [0.1, 0.15) is 13.2 Å². The van der Waals surface area contributed by atoms with Crippen molar-refractivity contribution in [3.05, 3.63) is 59.3 Å². The second kappa shape index (κ2) is 8.99. The van der Waals surface area contributed by atoms with E-state index in [1.54, 1.807) is 0 Å². The van der Waals surface area contributed by atoms with Gasteiger partial charge in [0, 0.05) is 23.1 Å². The zero-order valence-corrected chi connectivity index (χ0v) is 19.9. The fraction of sp³-hybridized carbons (Fsp3) is 0.464. The Kier molecular flexibility index (Phi) is 5.69. The summed E-state index contributed by atoms with van der Waals surface area (Å²) < 4.78 is 11.4. The molecule has 0 saturated carbocycles. The first-order valence-corrected chi connectivity index (χ1v) is 12.7. The van der Waals surface area contributed by atoms with Crippen LogP contribution in [0, 0.1) is 6.92 Å². The lowest BCUT2D eigenvalue weighted by atomic mass is 9.87. The number of aromatic nitrogens is 1. The molecule has 3 aliphatic heterocycles. The fourth-order valence-corrected chi connectivity index (χ4v) is 6.17. The van der Waals surface area contributed by atoms with Gasteiger partial charge in [-0.25, -0.2) is 0 Å². The van der Waals surface area contributed by atoms with Crippen LogP contribution < -0.4 is 9.47 Å². The molecule has 4 heterocycles. The molecular formula is C28H33N3O3. The Hall–Kier alpha value is -2.99. The van der Waals surface area contributed by atoms with Crippen LogP contribution in [0.2, 0.25) is 0 Å². The summed E-state index contributed by atoms with van der Waals surface area (Å²) in [5.74, 6) is 2.41. The number of carbonyl (C=O) groups is 1. The van der Waals surface area contributed by atoms with Gasteiger partial charge in [-0.05, 0) is 80.9 Å². The lowest BCUT2D eigenvalue weighted by Gasteiger charge is -2.34. The summed E-state index contributed by atoms with van der Waals surface area (Å²) in [6, 6.07) is 14.9. The van der Waals surface area contributed by atoms with Crippen LogP contribution in [0.5, 0.6) is 11.5 Å². The summed E-state index contributed by atoms with van der Waals surface area (Å²) in [6.45, 7) is 6.66. The molecule has 1 atom stereocenters. The minimum Gasteiger partial charge on any atom is -0.486 e. The van der Waals surface area contributed by atoms with Crippen LogP contribution in [0.25, 0.3) is 10.9 Å². The Balaban J connectivity index is 1.10. The van der Waals surface area contributed by atoms with Gasteiger partial charge in [-0.1, -0.05) is 24.3 Å². The van der Waals surface area contributed by atoms with E-state index in [0.717, 1.165) is 62.4 Å². The van der Waals surface area contributed by atoms with Crippen molar-refractivity contribution in [3.8, 4) is 11.5 Å². The number of aryl methyl sites for hydroxylation is 1. The van der Waals surface area contributed by atoms with Crippen molar-refractivity contribution in [3.63, 3.8) is 0 Å². The maximum atomic E-state index is 13.3. The van der Waals surface area contributed by atoms with Crippen LogP contribution in [0.15, 0.2) is 42.5 Å². The number of amides is 1. The summed E-state index contributed by atoms with van der Waals surface area (Å²) in [5.41, 5.74) is 5.14. The first-order chi connectivity index (χ1) is 16.7. The van der Waals surface area contributed by atoms with Crippen LogP contribution in [0.1, 0.15) is 54.5 Å². The highest BCUT2D eigenvalue weighted by atomic mass is 16.6. The number of para-hydroxylation sites is 1. The van der Waals surface area contributed by atoms with Gasteiger partial charge in [0.15, 0.2) is 11.5 Å². The van der Waals surface area contributed by atoms with Crippen molar-refractivity contribution in [1.29, 1.82) is 0 Å². The topological polar surface area (TPSA) is 57.8 Å². The van der Waals surface area contributed by atoms with Crippen LogP contribution in [-0.2, 0) is 4.79 Å². The number of H-pyrrole nitrogens is 1. The van der Waals surface area contributed by atoms with Crippen molar-refractivity contribution in [2.45, 2.75) is 44.6 Å². The molecule has 1 N–H and O–H groups in total. The first kappa shape index (κ1) is 21.5. The number of fused-ring (bicyclic) bond motifs is 2. The summed E-state index contributed by atoms with van der Waals surface area (Å²) >= 11 is 0. The molecule has 3 aromatic rings. The third-order valence-corrected chi connectivity index (χ3v) is 7.82. The van der Waals surface area contributed by atoms with Gasteiger partial charge in [0.25, 0.3) is 0 Å². The van der Waals surface area contributed by atoms with E-state index in [9.17, 15) is 4.79 Å². The van der Waals surface area contributed by atoms with Crippen LogP contribution in [-0.4, -0.2) is 60.1 Å². The largest absolute Gasteiger partial charge is 0.486 e. The van der Waals surface area contributed by atoms with Gasteiger partial charge in [0.05, 0.1) is 12.6 Å². The van der Waals surface area contributed by atoms with Crippen molar-refractivity contribution < 1.29 is 14.3 Å². The third kappa shape index (κ3) is 3.94. The zero-order chi connectivity index (χ0) is 23.1. The van der Waals surface area contributed by atoms with Gasteiger partial charge in [-0.2, -0.15) is 0 Å². The van der Waals surface area contributed by atoms with Crippen LogP contribution in [0.4, 0.5) is 0 Å². The number of hydrogen-bond acceptors (Lipinski definition) is 4. The minimum absolute atomic E-state index is 0.134. The van der Waals surface area contributed by atoms with Gasteiger partial charge < -0.3 is 19.4 Å². The van der Waals surface area contributed by atoms with E-state index < -0.39 is 0 Å². The van der Waals surface area contributed by atoms with E-state index in [0.29, 0.717) is 25.7 Å². The Labute approximate surface area is 200 Å². The standard InChI is InChI=1S/C28H33N3O3/c1-19-28(22-5-2-3-6-23(22)29-19)20-10-13-30(14-11-20)18-27(32)31-12-4-7-24(31)21-8-9-25-26(17-21)34-16-15-33-25/h2-3,5-6,8-9,17,20,24,29H,4,7,10-16,18H2,1H3. The average molecular weight is 460 g/mol. The van der Waals surface area contributed by atoms with Gasteiger partial charge >= 0.3 is 0 Å². The molecule has 0 radical (unpaired) electrons. The van der Waals surface area contributed by atoms with Crippen molar-refractivity contribution >= 4 is 16.8 Å². The van der Waals surface area contributed by atoms with Crippen LogP contribution in [0.3, 0.4) is 0 Å². The van der Waals surface area contributed by atoms with E-state index in [4.69, 9.17) is 9.47 Å². The number of ether oxygens (including phenoxy) is 2. The SMILES string of the molecule is Cc1[nH]c2ccccc2c1C1CCN(CC(=O)N2CCCC2c2ccc3c(c2)OCCO3)CC1. The molecule has 0 bridgehead atoms. The summed E-state index contributed by atoms with van der Waals surface area (Å²) in [4.78, 5) is 21.3. The number of nitrogens with one attached hydrogen (secondary N) is 1. The molecule has 2 saturated heterocycles. The Morgan fingerprint density at radius 1 is 1.00 bits per heavy atom. The van der Waals surface area contributed by atoms with Gasteiger partial charge in [-0.3, -0.25) is 9.69 Å². The fourth-order valence-electron chi connectivity index (χ4n) is 6.17. The zero-order valence-electron chi connectivity index (χ0n) is 19.9. The minimum atomic E-state index is 0.134. The summed E-state index contributed by atoms with van der Waals surface area (Å²) in [6.07, 6.45) is 4.25. The average Bonchev–Trinajstić information content (AvgIpc) is 3.48. The number of nitrogens with zero attached hydrogens (tertiary/aromatic N) is 2. The molecule has 1 unspecified atom stereocenters.